The normalized spacial score (nSPS) is 34.2. The molecule has 0 saturated carbocycles. The third-order valence-electron chi connectivity index (χ3n) is 6.85. The van der Waals surface area contributed by atoms with Gasteiger partial charge in [0.25, 0.3) is 0 Å². The number of aliphatic carboxylic acids is 1. The standard InChI is InChI=1S/C26H30O13/c27-8-13-7-17(36-10-15(30)6-3-12-1-4-14(29)5-2-12)20-16(24(34)35)11-37-25(19(13)20)39-26-23(33)22(32)21(31)18(9-28)38-26/h1-7,11,17-23,25-29,31-33H,8-10H2,(H,34,35). The van der Waals surface area contributed by atoms with E-state index in [2.05, 4.69) is 0 Å². The van der Waals surface area contributed by atoms with Gasteiger partial charge in [0.1, 0.15) is 36.8 Å². The highest BCUT2D eigenvalue weighted by atomic mass is 16.8. The summed E-state index contributed by atoms with van der Waals surface area (Å²) in [5.41, 5.74) is 0.752. The number of fused-ring (bicyclic) bond motifs is 1. The van der Waals surface area contributed by atoms with E-state index in [4.69, 9.17) is 18.9 Å². The molecule has 2 heterocycles. The molecule has 13 heteroatoms. The van der Waals surface area contributed by atoms with Gasteiger partial charge in [-0.2, -0.15) is 0 Å². The molecule has 1 aliphatic carbocycles. The van der Waals surface area contributed by atoms with Gasteiger partial charge in [-0.15, -0.1) is 0 Å². The van der Waals surface area contributed by atoms with Crippen LogP contribution >= 0.6 is 0 Å². The Morgan fingerprint density at radius 3 is 2.33 bits per heavy atom. The number of carbonyl (C=O) groups is 2. The highest BCUT2D eigenvalue weighted by Crippen LogP contribution is 2.45. The second kappa shape index (κ2) is 12.4. The fourth-order valence-electron chi connectivity index (χ4n) is 4.81. The van der Waals surface area contributed by atoms with Crippen molar-refractivity contribution in [2.75, 3.05) is 19.8 Å². The smallest absolute Gasteiger partial charge is 0.335 e. The molecule has 7 N–H and O–H groups in total. The lowest BCUT2D eigenvalue weighted by molar-refractivity contribution is -0.340. The summed E-state index contributed by atoms with van der Waals surface area (Å²) in [6, 6.07) is 6.15. The third-order valence-corrected chi connectivity index (χ3v) is 6.85. The van der Waals surface area contributed by atoms with E-state index in [1.54, 1.807) is 12.1 Å². The molecule has 0 bridgehead atoms. The predicted octanol–water partition coefficient (Wildman–Crippen LogP) is -1.33. The second-order valence-electron chi connectivity index (χ2n) is 9.33. The number of aromatic hydroxyl groups is 1. The highest BCUT2D eigenvalue weighted by molar-refractivity contribution is 5.94. The minimum atomic E-state index is -1.73. The summed E-state index contributed by atoms with van der Waals surface area (Å²) in [4.78, 5) is 24.4. The number of aliphatic hydroxyl groups is 5. The number of ether oxygens (including phenoxy) is 4. The van der Waals surface area contributed by atoms with Crippen LogP contribution in [-0.4, -0.2) is 110 Å². The fraction of sp³-hybridized carbons (Fsp3) is 0.462. The van der Waals surface area contributed by atoms with Crippen LogP contribution in [0.3, 0.4) is 0 Å². The number of carbonyl (C=O) groups excluding carboxylic acids is 1. The summed E-state index contributed by atoms with van der Waals surface area (Å²) in [7, 11) is 0. The Morgan fingerprint density at radius 2 is 1.69 bits per heavy atom. The van der Waals surface area contributed by atoms with Crippen LogP contribution in [0.2, 0.25) is 0 Å². The van der Waals surface area contributed by atoms with Crippen molar-refractivity contribution in [3.05, 3.63) is 59.4 Å². The molecule has 3 aliphatic rings. The van der Waals surface area contributed by atoms with Crippen LogP contribution in [0.4, 0.5) is 0 Å². The van der Waals surface area contributed by atoms with Crippen LogP contribution in [0.15, 0.2) is 53.8 Å². The molecule has 0 amide bonds. The predicted molar refractivity (Wildman–Crippen MR) is 129 cm³/mol. The van der Waals surface area contributed by atoms with E-state index in [1.165, 1.54) is 30.4 Å². The quantitative estimate of drug-likeness (QED) is 0.133. The Balaban J connectivity index is 1.49. The second-order valence-corrected chi connectivity index (χ2v) is 9.33. The maximum absolute atomic E-state index is 12.4. The number of hydrogen-bond donors (Lipinski definition) is 7. The van der Waals surface area contributed by atoms with E-state index >= 15 is 0 Å². The Bertz CT molecular complexity index is 1130. The van der Waals surface area contributed by atoms with Gasteiger partial charge in [0.2, 0.25) is 6.29 Å². The number of phenols is 1. The maximum atomic E-state index is 12.4. The SMILES string of the molecule is O=C(C=Cc1ccc(O)cc1)COC1C=C(CO)C2C(OC3OC(CO)C(O)C(O)C3O)OC=C(C(=O)O)C12. The summed E-state index contributed by atoms with van der Waals surface area (Å²) >= 11 is 0. The number of carboxylic acids is 1. The molecule has 0 radical (unpaired) electrons. The summed E-state index contributed by atoms with van der Waals surface area (Å²) in [6.45, 7) is -1.62. The first kappa shape index (κ1) is 28.9. The van der Waals surface area contributed by atoms with Gasteiger partial charge in [-0.05, 0) is 29.3 Å². The molecule has 0 spiro atoms. The van der Waals surface area contributed by atoms with E-state index in [1.807, 2.05) is 0 Å². The molecule has 212 valence electrons. The minimum Gasteiger partial charge on any atom is -0.508 e. The molecule has 9 unspecified atom stereocenters. The van der Waals surface area contributed by atoms with Crippen molar-refractivity contribution in [1.29, 1.82) is 0 Å². The van der Waals surface area contributed by atoms with E-state index in [-0.39, 0.29) is 11.3 Å². The molecule has 1 aromatic carbocycles. The number of carboxylic acid groups (broad SMARTS) is 1. The third kappa shape index (κ3) is 6.21. The topological polar surface area (TPSA) is 213 Å². The van der Waals surface area contributed by atoms with Crippen molar-refractivity contribution in [1.82, 2.24) is 0 Å². The lowest BCUT2D eigenvalue weighted by Gasteiger charge is -2.43. The number of aliphatic hydroxyl groups excluding tert-OH is 5. The fourth-order valence-corrected chi connectivity index (χ4v) is 4.81. The average molecular weight is 551 g/mol. The van der Waals surface area contributed by atoms with Crippen molar-refractivity contribution in [3.8, 4) is 5.75 Å². The van der Waals surface area contributed by atoms with Crippen LogP contribution in [-0.2, 0) is 28.5 Å². The van der Waals surface area contributed by atoms with Crippen molar-refractivity contribution in [2.45, 2.75) is 43.1 Å². The first-order chi connectivity index (χ1) is 18.6. The Kier molecular flexibility index (Phi) is 9.15. The van der Waals surface area contributed by atoms with E-state index < -0.39 is 86.5 Å². The minimum absolute atomic E-state index is 0.0802. The summed E-state index contributed by atoms with van der Waals surface area (Å²) in [6.07, 6.45) is -4.94. The Hall–Kier alpha value is -3.14. The molecule has 2 aliphatic heterocycles. The number of benzene rings is 1. The van der Waals surface area contributed by atoms with E-state index in [9.17, 15) is 45.3 Å². The van der Waals surface area contributed by atoms with Crippen molar-refractivity contribution in [3.63, 3.8) is 0 Å². The van der Waals surface area contributed by atoms with Gasteiger partial charge >= 0.3 is 5.97 Å². The summed E-state index contributed by atoms with van der Waals surface area (Å²) in [5.74, 6) is -3.56. The number of phenolic OH excluding ortho intramolecular Hbond substituents is 1. The average Bonchev–Trinajstić information content (AvgIpc) is 3.30. The van der Waals surface area contributed by atoms with Crippen molar-refractivity contribution < 1.29 is 64.3 Å². The van der Waals surface area contributed by atoms with Crippen molar-refractivity contribution in [2.24, 2.45) is 11.8 Å². The van der Waals surface area contributed by atoms with Crippen molar-refractivity contribution >= 4 is 17.8 Å². The van der Waals surface area contributed by atoms with Gasteiger partial charge in [-0.1, -0.05) is 24.3 Å². The lowest BCUT2D eigenvalue weighted by Crippen LogP contribution is -2.60. The highest BCUT2D eigenvalue weighted by Gasteiger charge is 2.52. The van der Waals surface area contributed by atoms with Gasteiger partial charge in [-0.25, -0.2) is 4.79 Å². The first-order valence-electron chi connectivity index (χ1n) is 12.1. The zero-order chi connectivity index (χ0) is 28.3. The van der Waals surface area contributed by atoms with Gasteiger partial charge in [0.05, 0.1) is 37.1 Å². The molecule has 13 nitrogen and oxygen atoms in total. The molecule has 1 fully saturated rings. The van der Waals surface area contributed by atoms with E-state index in [0.717, 1.165) is 6.26 Å². The molecular weight excluding hydrogens is 520 g/mol. The van der Waals surface area contributed by atoms with Crippen LogP contribution in [0.1, 0.15) is 5.56 Å². The monoisotopic (exact) mass is 550 g/mol. The molecule has 9 atom stereocenters. The van der Waals surface area contributed by atoms with Crippen LogP contribution in [0, 0.1) is 11.8 Å². The van der Waals surface area contributed by atoms with Gasteiger partial charge in [0, 0.05) is 5.92 Å². The van der Waals surface area contributed by atoms with E-state index in [0.29, 0.717) is 11.1 Å². The zero-order valence-corrected chi connectivity index (χ0v) is 20.5. The van der Waals surface area contributed by atoms with Crippen LogP contribution in [0.25, 0.3) is 6.08 Å². The van der Waals surface area contributed by atoms with Crippen LogP contribution < -0.4 is 0 Å². The summed E-state index contributed by atoms with van der Waals surface area (Å²) < 4.78 is 22.3. The molecule has 1 saturated heterocycles. The number of hydrogen-bond acceptors (Lipinski definition) is 12. The van der Waals surface area contributed by atoms with Gasteiger partial charge in [0.15, 0.2) is 12.1 Å². The maximum Gasteiger partial charge on any atom is 0.335 e. The largest absolute Gasteiger partial charge is 0.508 e. The zero-order valence-electron chi connectivity index (χ0n) is 20.5. The Labute approximate surface area is 222 Å². The van der Waals surface area contributed by atoms with Crippen LogP contribution in [0.5, 0.6) is 5.75 Å². The first-order valence-corrected chi connectivity index (χ1v) is 12.1. The number of rotatable bonds is 10. The molecule has 1 aromatic rings. The lowest BCUT2D eigenvalue weighted by atomic mass is 9.82. The summed E-state index contributed by atoms with van der Waals surface area (Å²) in [5, 5.41) is 69.0. The molecule has 4 rings (SSSR count). The molecular formula is C26H30O13. The molecule has 0 aromatic heterocycles. The number of ketones is 1. The Morgan fingerprint density at radius 1 is 0.974 bits per heavy atom. The van der Waals surface area contributed by atoms with Gasteiger partial charge < -0.3 is 54.7 Å². The van der Waals surface area contributed by atoms with Gasteiger partial charge in [-0.3, -0.25) is 4.79 Å². The molecule has 39 heavy (non-hydrogen) atoms.